The molecule has 0 bridgehead atoms. The minimum absolute atomic E-state index is 0.0395. The monoisotopic (exact) mass is 287 g/mol. The summed E-state index contributed by atoms with van der Waals surface area (Å²) in [6.45, 7) is 3.00. The van der Waals surface area contributed by atoms with Gasteiger partial charge in [0.25, 0.3) is 0 Å². The Morgan fingerprint density at radius 1 is 1.42 bits per heavy atom. The van der Waals surface area contributed by atoms with Gasteiger partial charge in [0, 0.05) is 11.6 Å². The number of hydrogen-bond donors (Lipinski definition) is 1. The smallest absolute Gasteiger partial charge is 0.332 e. The van der Waals surface area contributed by atoms with Gasteiger partial charge in [-0.3, -0.25) is 0 Å². The largest absolute Gasteiger partial charge is 0.495 e. The van der Waals surface area contributed by atoms with E-state index in [1.165, 1.54) is 0 Å². The lowest BCUT2D eigenvalue weighted by atomic mass is 10.3. The molecule has 0 aliphatic heterocycles. The van der Waals surface area contributed by atoms with Crippen LogP contribution in [0, 0.1) is 0 Å². The van der Waals surface area contributed by atoms with Crippen LogP contribution >= 0.6 is 11.6 Å². The van der Waals surface area contributed by atoms with Crippen molar-refractivity contribution in [2.75, 3.05) is 38.8 Å². The van der Waals surface area contributed by atoms with Crippen LogP contribution in [0.25, 0.3) is 0 Å². The molecule has 6 heteroatoms. The van der Waals surface area contributed by atoms with Crippen molar-refractivity contribution < 1.29 is 19.0 Å². The number of methoxy groups -OCH3 is 1. The molecule has 106 valence electrons. The summed E-state index contributed by atoms with van der Waals surface area (Å²) in [6.07, 6.45) is 0. The van der Waals surface area contributed by atoms with Crippen LogP contribution in [0.3, 0.4) is 0 Å². The quantitative estimate of drug-likeness (QED) is 0.587. The Kier molecular flexibility index (Phi) is 7.07. The maximum Gasteiger partial charge on any atom is 0.332 e. The molecule has 0 spiro atoms. The van der Waals surface area contributed by atoms with Gasteiger partial charge in [-0.05, 0) is 25.1 Å². The average molecular weight is 288 g/mol. The van der Waals surface area contributed by atoms with Gasteiger partial charge in [-0.1, -0.05) is 11.6 Å². The number of carbonyl (C=O) groups excluding carboxylic acids is 1. The predicted molar refractivity (Wildman–Crippen MR) is 73.9 cm³/mol. The third kappa shape index (κ3) is 5.81. The molecular formula is C13H18ClNO4. The highest BCUT2D eigenvalue weighted by Crippen LogP contribution is 2.27. The molecule has 5 nitrogen and oxygen atoms in total. The Morgan fingerprint density at radius 2 is 2.21 bits per heavy atom. The molecule has 0 aliphatic carbocycles. The van der Waals surface area contributed by atoms with E-state index < -0.39 is 0 Å². The summed E-state index contributed by atoms with van der Waals surface area (Å²) in [4.78, 5) is 11.0. The van der Waals surface area contributed by atoms with E-state index in [9.17, 15) is 4.79 Å². The Balaban J connectivity index is 2.29. The molecule has 0 amide bonds. The molecule has 0 atom stereocenters. The maximum absolute atomic E-state index is 11.0. The second-order valence-electron chi connectivity index (χ2n) is 3.63. The second kappa shape index (κ2) is 8.61. The SMILES string of the molecule is CCOC(=O)COCCNc1cc(Cl)ccc1OC. The lowest BCUT2D eigenvalue weighted by molar-refractivity contribution is -0.148. The van der Waals surface area contributed by atoms with E-state index >= 15 is 0 Å². The van der Waals surface area contributed by atoms with E-state index in [-0.39, 0.29) is 12.6 Å². The van der Waals surface area contributed by atoms with Gasteiger partial charge in [-0.25, -0.2) is 4.79 Å². The van der Waals surface area contributed by atoms with Crippen molar-refractivity contribution in [2.45, 2.75) is 6.92 Å². The van der Waals surface area contributed by atoms with Gasteiger partial charge in [0.05, 0.1) is 26.0 Å². The van der Waals surface area contributed by atoms with Crippen molar-refractivity contribution in [1.29, 1.82) is 0 Å². The summed E-state index contributed by atoms with van der Waals surface area (Å²) in [5, 5.41) is 3.75. The lowest BCUT2D eigenvalue weighted by Gasteiger charge is -2.11. The van der Waals surface area contributed by atoms with E-state index in [4.69, 9.17) is 25.8 Å². The first kappa shape index (κ1) is 15.6. The summed E-state index contributed by atoms with van der Waals surface area (Å²) in [5.74, 6) is 0.345. The van der Waals surface area contributed by atoms with E-state index in [1.807, 2.05) is 0 Å². The van der Waals surface area contributed by atoms with Crippen LogP contribution in [0.2, 0.25) is 5.02 Å². The fourth-order valence-corrected chi connectivity index (χ4v) is 1.61. The molecule has 0 heterocycles. The minimum atomic E-state index is -0.358. The first-order valence-electron chi connectivity index (χ1n) is 5.98. The van der Waals surface area contributed by atoms with Crippen LogP contribution in [-0.4, -0.2) is 39.4 Å². The number of nitrogens with one attached hydrogen (secondary N) is 1. The van der Waals surface area contributed by atoms with E-state index in [2.05, 4.69) is 5.32 Å². The first-order valence-corrected chi connectivity index (χ1v) is 6.36. The van der Waals surface area contributed by atoms with E-state index in [1.54, 1.807) is 32.2 Å². The maximum atomic E-state index is 11.0. The highest BCUT2D eigenvalue weighted by Gasteiger charge is 2.04. The number of halogens is 1. The first-order chi connectivity index (χ1) is 9.17. The van der Waals surface area contributed by atoms with Crippen LogP contribution in [0.4, 0.5) is 5.69 Å². The molecule has 0 saturated heterocycles. The summed E-state index contributed by atoms with van der Waals surface area (Å²) < 4.78 is 15.1. The summed E-state index contributed by atoms with van der Waals surface area (Å²) in [7, 11) is 1.59. The molecule has 0 saturated carbocycles. The second-order valence-corrected chi connectivity index (χ2v) is 4.07. The fraction of sp³-hybridized carbons (Fsp3) is 0.462. The average Bonchev–Trinajstić information content (AvgIpc) is 2.39. The van der Waals surface area contributed by atoms with Gasteiger partial charge in [-0.15, -0.1) is 0 Å². The van der Waals surface area contributed by atoms with Crippen molar-refractivity contribution >= 4 is 23.3 Å². The molecule has 1 N–H and O–H groups in total. The normalized spacial score (nSPS) is 10.1. The standard InChI is InChI=1S/C13H18ClNO4/c1-3-19-13(16)9-18-7-6-15-11-8-10(14)4-5-12(11)17-2/h4-5,8,15H,3,6-7,9H2,1-2H3. The Labute approximate surface area is 117 Å². The molecule has 0 fully saturated rings. The topological polar surface area (TPSA) is 56.8 Å². The fourth-order valence-electron chi connectivity index (χ4n) is 1.43. The molecular weight excluding hydrogens is 270 g/mol. The highest BCUT2D eigenvalue weighted by atomic mass is 35.5. The van der Waals surface area contributed by atoms with Crippen molar-refractivity contribution in [3.8, 4) is 5.75 Å². The third-order valence-corrected chi connectivity index (χ3v) is 2.48. The minimum Gasteiger partial charge on any atom is -0.495 e. The molecule has 1 aromatic carbocycles. The number of benzene rings is 1. The van der Waals surface area contributed by atoms with Crippen molar-refractivity contribution in [1.82, 2.24) is 0 Å². The van der Waals surface area contributed by atoms with Crippen molar-refractivity contribution in [2.24, 2.45) is 0 Å². The van der Waals surface area contributed by atoms with Crippen LogP contribution in [-0.2, 0) is 14.3 Å². The Hall–Kier alpha value is -1.46. The molecule has 19 heavy (non-hydrogen) atoms. The number of carbonyl (C=O) groups is 1. The van der Waals surface area contributed by atoms with Crippen molar-refractivity contribution in [3.63, 3.8) is 0 Å². The van der Waals surface area contributed by atoms with Crippen LogP contribution in [0.1, 0.15) is 6.92 Å². The van der Waals surface area contributed by atoms with Gasteiger partial charge in [-0.2, -0.15) is 0 Å². The molecule has 0 radical (unpaired) electrons. The zero-order chi connectivity index (χ0) is 14.1. The van der Waals surface area contributed by atoms with Crippen LogP contribution in [0.15, 0.2) is 18.2 Å². The number of ether oxygens (including phenoxy) is 3. The van der Waals surface area contributed by atoms with E-state index in [0.29, 0.717) is 30.5 Å². The zero-order valence-corrected chi connectivity index (χ0v) is 11.8. The molecule has 1 rings (SSSR count). The van der Waals surface area contributed by atoms with E-state index in [0.717, 1.165) is 5.69 Å². The van der Waals surface area contributed by atoms with Gasteiger partial charge in [0.15, 0.2) is 0 Å². The molecule has 1 aromatic rings. The lowest BCUT2D eigenvalue weighted by Crippen LogP contribution is -2.16. The van der Waals surface area contributed by atoms with Crippen LogP contribution in [0.5, 0.6) is 5.75 Å². The third-order valence-electron chi connectivity index (χ3n) is 2.25. The summed E-state index contributed by atoms with van der Waals surface area (Å²) in [6, 6.07) is 5.30. The molecule has 0 aliphatic rings. The van der Waals surface area contributed by atoms with Crippen LogP contribution < -0.4 is 10.1 Å². The number of anilines is 1. The summed E-state index contributed by atoms with van der Waals surface area (Å²) >= 11 is 5.90. The van der Waals surface area contributed by atoms with Crippen molar-refractivity contribution in [3.05, 3.63) is 23.2 Å². The molecule has 0 unspecified atom stereocenters. The van der Waals surface area contributed by atoms with Gasteiger partial charge in [0.1, 0.15) is 12.4 Å². The van der Waals surface area contributed by atoms with Gasteiger partial charge in [0.2, 0.25) is 0 Å². The van der Waals surface area contributed by atoms with Gasteiger partial charge < -0.3 is 19.5 Å². The highest BCUT2D eigenvalue weighted by molar-refractivity contribution is 6.30. The zero-order valence-electron chi connectivity index (χ0n) is 11.1. The number of hydrogen-bond acceptors (Lipinski definition) is 5. The Bertz CT molecular complexity index is 412. The van der Waals surface area contributed by atoms with Gasteiger partial charge >= 0.3 is 5.97 Å². The molecule has 0 aromatic heterocycles. The summed E-state index contributed by atoms with van der Waals surface area (Å²) in [5.41, 5.74) is 0.787. The number of rotatable bonds is 8. The predicted octanol–water partition coefficient (Wildman–Crippen LogP) is 2.34. The number of esters is 1. The Morgan fingerprint density at radius 3 is 2.89 bits per heavy atom.